The molecular weight excluding hydrogens is 252 g/mol. The summed E-state index contributed by atoms with van der Waals surface area (Å²) >= 11 is 6.11. The molecule has 7 heteroatoms. The summed E-state index contributed by atoms with van der Waals surface area (Å²) in [5.74, 6) is 6.42. The van der Waals surface area contributed by atoms with Gasteiger partial charge in [0.15, 0.2) is 0 Å². The van der Waals surface area contributed by atoms with Crippen LogP contribution >= 0.6 is 11.6 Å². The fourth-order valence-electron chi connectivity index (χ4n) is 1.78. The molecule has 0 spiro atoms. The van der Waals surface area contributed by atoms with Crippen LogP contribution in [0.5, 0.6) is 0 Å². The van der Waals surface area contributed by atoms with Crippen molar-refractivity contribution >= 4 is 11.6 Å². The summed E-state index contributed by atoms with van der Waals surface area (Å²) in [4.78, 5) is 8.47. The number of rotatable bonds is 5. The van der Waals surface area contributed by atoms with Crippen molar-refractivity contribution in [1.29, 1.82) is 0 Å². The Morgan fingerprint density at radius 2 is 2.33 bits per heavy atom. The minimum Gasteiger partial charge on any atom is -0.271 e. The Labute approximate surface area is 110 Å². The Hall–Kier alpha value is -1.50. The van der Waals surface area contributed by atoms with Gasteiger partial charge in [0, 0.05) is 19.2 Å². The van der Waals surface area contributed by atoms with E-state index in [-0.39, 0.29) is 6.04 Å². The van der Waals surface area contributed by atoms with E-state index in [0.717, 1.165) is 12.4 Å². The molecule has 0 fully saturated rings. The largest absolute Gasteiger partial charge is 0.271 e. The number of pyridine rings is 1. The fourth-order valence-corrected chi connectivity index (χ4v) is 2.03. The van der Waals surface area contributed by atoms with Crippen LogP contribution in [0, 0.1) is 0 Å². The number of hydrogen-bond donors (Lipinski definition) is 2. The van der Waals surface area contributed by atoms with Crippen LogP contribution in [-0.2, 0) is 13.0 Å². The molecule has 1 unspecified atom stereocenters. The maximum Gasteiger partial charge on any atom is 0.138 e. The normalized spacial score (nSPS) is 12.6. The van der Waals surface area contributed by atoms with Crippen molar-refractivity contribution < 1.29 is 0 Å². The number of aromatic nitrogens is 4. The van der Waals surface area contributed by atoms with Gasteiger partial charge in [-0.05, 0) is 19.1 Å². The van der Waals surface area contributed by atoms with Crippen molar-refractivity contribution in [2.45, 2.75) is 25.9 Å². The van der Waals surface area contributed by atoms with E-state index in [1.165, 1.54) is 6.33 Å². The highest BCUT2D eigenvalue weighted by molar-refractivity contribution is 6.31. The summed E-state index contributed by atoms with van der Waals surface area (Å²) < 4.78 is 1.82. The van der Waals surface area contributed by atoms with Gasteiger partial charge in [-0.2, -0.15) is 5.10 Å². The van der Waals surface area contributed by atoms with Gasteiger partial charge in [0.25, 0.3) is 0 Å². The van der Waals surface area contributed by atoms with E-state index < -0.39 is 0 Å². The molecule has 18 heavy (non-hydrogen) atoms. The van der Waals surface area contributed by atoms with E-state index in [1.54, 1.807) is 18.3 Å². The van der Waals surface area contributed by atoms with Gasteiger partial charge in [0.1, 0.15) is 12.2 Å². The molecule has 0 aliphatic rings. The van der Waals surface area contributed by atoms with Gasteiger partial charge in [-0.15, -0.1) is 0 Å². The summed E-state index contributed by atoms with van der Waals surface area (Å²) in [6, 6.07) is 3.39. The molecule has 0 saturated heterocycles. The molecule has 0 amide bonds. The molecule has 0 aromatic carbocycles. The van der Waals surface area contributed by atoms with Gasteiger partial charge in [-0.25, -0.2) is 4.98 Å². The summed E-state index contributed by atoms with van der Waals surface area (Å²) in [5.41, 5.74) is 3.44. The zero-order chi connectivity index (χ0) is 13.0. The van der Waals surface area contributed by atoms with Gasteiger partial charge >= 0.3 is 0 Å². The van der Waals surface area contributed by atoms with E-state index in [9.17, 15) is 0 Å². The number of nitrogens with zero attached hydrogens (tertiary/aromatic N) is 4. The monoisotopic (exact) mass is 266 g/mol. The Kier molecular flexibility index (Phi) is 4.24. The predicted molar refractivity (Wildman–Crippen MR) is 68.7 cm³/mol. The summed E-state index contributed by atoms with van der Waals surface area (Å²) in [6.45, 7) is 2.78. The van der Waals surface area contributed by atoms with Gasteiger partial charge < -0.3 is 0 Å². The molecule has 96 valence electrons. The first-order chi connectivity index (χ1) is 8.76. The molecule has 6 nitrogen and oxygen atoms in total. The van der Waals surface area contributed by atoms with E-state index in [0.29, 0.717) is 17.1 Å². The molecule has 0 bridgehead atoms. The van der Waals surface area contributed by atoms with Gasteiger partial charge in [-0.3, -0.25) is 20.9 Å². The number of hydrazine groups is 1. The van der Waals surface area contributed by atoms with E-state index in [4.69, 9.17) is 17.4 Å². The van der Waals surface area contributed by atoms with Gasteiger partial charge in [0.05, 0.1) is 16.8 Å². The molecule has 2 rings (SSSR count). The highest BCUT2D eigenvalue weighted by Gasteiger charge is 2.17. The molecule has 0 aliphatic carbocycles. The topological polar surface area (TPSA) is 81.7 Å². The van der Waals surface area contributed by atoms with Crippen LogP contribution in [-0.4, -0.2) is 19.7 Å². The van der Waals surface area contributed by atoms with Crippen LogP contribution in [0.4, 0.5) is 0 Å². The lowest BCUT2D eigenvalue weighted by molar-refractivity contribution is 0.501. The lowest BCUT2D eigenvalue weighted by Gasteiger charge is -2.16. The fraction of sp³-hybridized carbons (Fsp3) is 0.364. The molecule has 3 N–H and O–H groups in total. The third-order valence-electron chi connectivity index (χ3n) is 2.70. The Morgan fingerprint density at radius 1 is 1.50 bits per heavy atom. The molecular formula is C11H15ClN6. The second-order valence-electron chi connectivity index (χ2n) is 3.79. The lowest BCUT2D eigenvalue weighted by atomic mass is 10.1. The first-order valence-corrected chi connectivity index (χ1v) is 6.07. The average molecular weight is 267 g/mol. The smallest absolute Gasteiger partial charge is 0.138 e. The second kappa shape index (κ2) is 5.90. The van der Waals surface area contributed by atoms with Crippen LogP contribution in [0.15, 0.2) is 24.7 Å². The van der Waals surface area contributed by atoms with Crippen molar-refractivity contribution in [3.8, 4) is 0 Å². The predicted octanol–water partition coefficient (Wildman–Crippen LogP) is 1.09. The van der Waals surface area contributed by atoms with Crippen molar-refractivity contribution in [2.75, 3.05) is 0 Å². The van der Waals surface area contributed by atoms with Crippen LogP contribution in [0.1, 0.15) is 24.5 Å². The number of nitrogens with two attached hydrogens (primary N) is 1. The molecule has 0 saturated carbocycles. The minimum absolute atomic E-state index is 0.187. The number of halogens is 1. The first kappa shape index (κ1) is 12.9. The zero-order valence-corrected chi connectivity index (χ0v) is 10.8. The maximum atomic E-state index is 6.11. The van der Waals surface area contributed by atoms with Gasteiger partial charge in [-0.1, -0.05) is 11.6 Å². The summed E-state index contributed by atoms with van der Waals surface area (Å²) in [5, 5.41) is 4.71. The molecule has 1 atom stereocenters. The molecule has 2 heterocycles. The third kappa shape index (κ3) is 2.66. The third-order valence-corrected chi connectivity index (χ3v) is 3.02. The van der Waals surface area contributed by atoms with Crippen LogP contribution in [0.3, 0.4) is 0 Å². The Morgan fingerprint density at radius 3 is 3.00 bits per heavy atom. The van der Waals surface area contributed by atoms with E-state index >= 15 is 0 Å². The highest BCUT2D eigenvalue weighted by Crippen LogP contribution is 2.22. The SMILES string of the molecule is CCn1ncnc1CC(NN)c1ncccc1Cl. The maximum absolute atomic E-state index is 6.11. The van der Waals surface area contributed by atoms with Crippen LogP contribution in [0.2, 0.25) is 5.02 Å². The van der Waals surface area contributed by atoms with Crippen molar-refractivity contribution in [2.24, 2.45) is 5.84 Å². The standard InChI is InChI=1S/C11H15ClN6/c1-2-18-10(15-7-16-18)6-9(17-13)11-8(12)4-3-5-14-11/h3-5,7,9,17H,2,6,13H2,1H3. The Bertz CT molecular complexity index is 512. The van der Waals surface area contributed by atoms with Crippen molar-refractivity contribution in [1.82, 2.24) is 25.2 Å². The number of aryl methyl sites for hydroxylation is 1. The number of nitrogens with one attached hydrogen (secondary N) is 1. The van der Waals surface area contributed by atoms with E-state index in [1.807, 2.05) is 11.6 Å². The number of hydrogen-bond acceptors (Lipinski definition) is 5. The minimum atomic E-state index is -0.187. The molecule has 2 aromatic rings. The van der Waals surface area contributed by atoms with E-state index in [2.05, 4.69) is 20.5 Å². The molecule has 0 aliphatic heterocycles. The Balaban J connectivity index is 2.23. The molecule has 2 aromatic heterocycles. The van der Waals surface area contributed by atoms with Crippen molar-refractivity contribution in [3.05, 3.63) is 41.2 Å². The second-order valence-corrected chi connectivity index (χ2v) is 4.19. The lowest BCUT2D eigenvalue weighted by Crippen LogP contribution is -2.31. The highest BCUT2D eigenvalue weighted by atomic mass is 35.5. The first-order valence-electron chi connectivity index (χ1n) is 5.69. The van der Waals surface area contributed by atoms with Crippen LogP contribution in [0.25, 0.3) is 0 Å². The summed E-state index contributed by atoms with van der Waals surface area (Å²) in [6.07, 6.45) is 3.81. The van der Waals surface area contributed by atoms with Gasteiger partial charge in [0.2, 0.25) is 0 Å². The quantitative estimate of drug-likeness (QED) is 0.625. The average Bonchev–Trinajstić information content (AvgIpc) is 2.84. The van der Waals surface area contributed by atoms with Crippen molar-refractivity contribution in [3.63, 3.8) is 0 Å². The molecule has 0 radical (unpaired) electrons. The zero-order valence-electron chi connectivity index (χ0n) is 10.0. The van der Waals surface area contributed by atoms with Crippen LogP contribution < -0.4 is 11.3 Å². The summed E-state index contributed by atoms with van der Waals surface area (Å²) in [7, 11) is 0.